The van der Waals surface area contributed by atoms with Crippen LogP contribution in [0.15, 0.2) is 16.6 Å². The van der Waals surface area contributed by atoms with Crippen LogP contribution in [0.4, 0.5) is 0 Å². The molecule has 17 heavy (non-hydrogen) atoms. The fourth-order valence-corrected chi connectivity index (χ4v) is 2.17. The molecule has 0 saturated heterocycles. The number of rotatable bonds is 5. The average molecular weight is 304 g/mol. The van der Waals surface area contributed by atoms with Crippen molar-refractivity contribution in [1.29, 1.82) is 0 Å². The summed E-state index contributed by atoms with van der Waals surface area (Å²) in [6.45, 7) is 0.945. The highest BCUT2D eigenvalue weighted by atomic mass is 79.9. The Bertz CT molecular complexity index is 399. The molecule has 1 unspecified atom stereocenters. The number of fused-ring (bicyclic) bond motifs is 1. The highest BCUT2D eigenvalue weighted by Gasteiger charge is 2.17. The van der Waals surface area contributed by atoms with E-state index in [1.165, 1.54) is 0 Å². The van der Waals surface area contributed by atoms with Gasteiger partial charge >= 0.3 is 0 Å². The monoisotopic (exact) mass is 303 g/mol. The SMILES string of the molecule is OCC(O)CNCc1cc(Br)c2c(c1)OCO2. The van der Waals surface area contributed by atoms with Crippen molar-refractivity contribution in [2.24, 2.45) is 0 Å². The number of nitrogens with one attached hydrogen (secondary N) is 1. The van der Waals surface area contributed by atoms with Crippen LogP contribution in [0.1, 0.15) is 5.56 Å². The summed E-state index contributed by atoms with van der Waals surface area (Å²) in [6, 6.07) is 3.83. The number of aliphatic hydroxyl groups is 2. The fourth-order valence-electron chi connectivity index (χ4n) is 1.57. The van der Waals surface area contributed by atoms with Gasteiger partial charge < -0.3 is 25.0 Å². The minimum Gasteiger partial charge on any atom is -0.454 e. The Labute approximate surface area is 107 Å². The number of hydrogen-bond donors (Lipinski definition) is 3. The number of halogens is 1. The zero-order chi connectivity index (χ0) is 12.3. The Hall–Kier alpha value is -0.820. The van der Waals surface area contributed by atoms with Crippen LogP contribution in [-0.4, -0.2) is 36.3 Å². The summed E-state index contributed by atoms with van der Waals surface area (Å²) in [6.07, 6.45) is -0.729. The topological polar surface area (TPSA) is 71.0 Å². The van der Waals surface area contributed by atoms with Gasteiger partial charge in [0.1, 0.15) is 0 Å². The lowest BCUT2D eigenvalue weighted by atomic mass is 10.2. The molecule has 1 heterocycles. The summed E-state index contributed by atoms with van der Waals surface area (Å²) in [5.41, 5.74) is 1.02. The van der Waals surface area contributed by atoms with Crippen LogP contribution in [0.2, 0.25) is 0 Å². The van der Waals surface area contributed by atoms with Crippen molar-refractivity contribution in [3.63, 3.8) is 0 Å². The molecule has 0 fully saturated rings. The summed E-state index contributed by atoms with van der Waals surface area (Å²) in [5.74, 6) is 1.45. The molecule has 0 bridgehead atoms. The third kappa shape index (κ3) is 3.10. The second-order valence-electron chi connectivity index (χ2n) is 3.78. The van der Waals surface area contributed by atoms with E-state index in [1.807, 2.05) is 12.1 Å². The van der Waals surface area contributed by atoms with Crippen LogP contribution < -0.4 is 14.8 Å². The van der Waals surface area contributed by atoms with Crippen molar-refractivity contribution >= 4 is 15.9 Å². The third-order valence-electron chi connectivity index (χ3n) is 2.41. The molecule has 0 saturated carbocycles. The van der Waals surface area contributed by atoms with Crippen LogP contribution >= 0.6 is 15.9 Å². The molecular weight excluding hydrogens is 290 g/mol. The highest BCUT2D eigenvalue weighted by Crippen LogP contribution is 2.39. The van der Waals surface area contributed by atoms with Crippen LogP contribution in [-0.2, 0) is 6.54 Å². The molecule has 1 aromatic rings. The fraction of sp³-hybridized carbons (Fsp3) is 0.455. The Balaban J connectivity index is 1.96. The summed E-state index contributed by atoms with van der Waals surface area (Å²) in [7, 11) is 0. The normalized spacial score (nSPS) is 15.0. The number of hydrogen-bond acceptors (Lipinski definition) is 5. The maximum atomic E-state index is 9.18. The lowest BCUT2D eigenvalue weighted by molar-refractivity contribution is 0.0942. The van der Waals surface area contributed by atoms with Crippen LogP contribution in [0.3, 0.4) is 0 Å². The smallest absolute Gasteiger partial charge is 0.231 e. The van der Waals surface area contributed by atoms with Gasteiger partial charge in [0.15, 0.2) is 11.5 Å². The molecule has 5 nitrogen and oxygen atoms in total. The van der Waals surface area contributed by atoms with Crippen molar-refractivity contribution in [2.45, 2.75) is 12.6 Å². The van der Waals surface area contributed by atoms with E-state index in [9.17, 15) is 5.11 Å². The van der Waals surface area contributed by atoms with Gasteiger partial charge in [0.05, 0.1) is 17.2 Å². The average Bonchev–Trinajstić information content (AvgIpc) is 2.77. The van der Waals surface area contributed by atoms with Gasteiger partial charge in [-0.05, 0) is 33.6 Å². The van der Waals surface area contributed by atoms with Gasteiger partial charge in [-0.15, -0.1) is 0 Å². The first kappa shape index (κ1) is 12.6. The molecule has 94 valence electrons. The minimum absolute atomic E-state index is 0.238. The summed E-state index contributed by atoms with van der Waals surface area (Å²) in [4.78, 5) is 0. The lowest BCUT2D eigenvalue weighted by Crippen LogP contribution is -2.28. The number of ether oxygens (including phenoxy) is 2. The summed E-state index contributed by atoms with van der Waals surface area (Å²) in [5, 5.41) is 20.9. The Morgan fingerprint density at radius 1 is 1.41 bits per heavy atom. The number of aliphatic hydroxyl groups excluding tert-OH is 2. The van der Waals surface area contributed by atoms with E-state index in [0.717, 1.165) is 21.5 Å². The second-order valence-corrected chi connectivity index (χ2v) is 4.63. The maximum absolute atomic E-state index is 9.18. The van der Waals surface area contributed by atoms with Crippen molar-refractivity contribution in [3.05, 3.63) is 22.2 Å². The molecule has 3 N–H and O–H groups in total. The van der Waals surface area contributed by atoms with Crippen LogP contribution in [0, 0.1) is 0 Å². The molecule has 1 aromatic carbocycles. The molecular formula is C11H14BrNO4. The van der Waals surface area contributed by atoms with E-state index in [0.29, 0.717) is 13.1 Å². The predicted octanol–water partition coefficient (Wildman–Crippen LogP) is 0.621. The van der Waals surface area contributed by atoms with E-state index < -0.39 is 6.10 Å². The van der Waals surface area contributed by atoms with Crippen molar-refractivity contribution in [2.75, 3.05) is 19.9 Å². The van der Waals surface area contributed by atoms with Crippen LogP contribution in [0.25, 0.3) is 0 Å². The van der Waals surface area contributed by atoms with E-state index in [4.69, 9.17) is 14.6 Å². The minimum atomic E-state index is -0.729. The third-order valence-corrected chi connectivity index (χ3v) is 3.00. The molecule has 2 rings (SSSR count). The summed E-state index contributed by atoms with van der Waals surface area (Å²) >= 11 is 3.41. The zero-order valence-corrected chi connectivity index (χ0v) is 10.7. The van der Waals surface area contributed by atoms with Gasteiger partial charge in [-0.1, -0.05) is 0 Å². The van der Waals surface area contributed by atoms with E-state index in [2.05, 4.69) is 21.2 Å². The van der Waals surface area contributed by atoms with E-state index >= 15 is 0 Å². The second kappa shape index (κ2) is 5.68. The molecule has 6 heteroatoms. The first-order valence-corrected chi connectivity index (χ1v) is 6.07. The van der Waals surface area contributed by atoms with E-state index in [1.54, 1.807) is 0 Å². The van der Waals surface area contributed by atoms with Crippen LogP contribution in [0.5, 0.6) is 11.5 Å². The highest BCUT2D eigenvalue weighted by molar-refractivity contribution is 9.10. The zero-order valence-electron chi connectivity index (χ0n) is 9.15. The van der Waals surface area contributed by atoms with Gasteiger partial charge in [0.25, 0.3) is 0 Å². The molecule has 1 aliphatic heterocycles. The van der Waals surface area contributed by atoms with Gasteiger partial charge in [-0.25, -0.2) is 0 Å². The maximum Gasteiger partial charge on any atom is 0.231 e. The molecule has 0 spiro atoms. The predicted molar refractivity (Wildman–Crippen MR) is 65.1 cm³/mol. The summed E-state index contributed by atoms with van der Waals surface area (Å²) < 4.78 is 11.4. The molecule has 0 aromatic heterocycles. The Morgan fingerprint density at radius 3 is 3.00 bits per heavy atom. The Kier molecular flexibility index (Phi) is 4.22. The van der Waals surface area contributed by atoms with Crippen molar-refractivity contribution < 1.29 is 19.7 Å². The largest absolute Gasteiger partial charge is 0.454 e. The van der Waals surface area contributed by atoms with Gasteiger partial charge in [0, 0.05) is 13.1 Å². The van der Waals surface area contributed by atoms with Gasteiger partial charge in [-0.3, -0.25) is 0 Å². The number of benzene rings is 1. The molecule has 0 amide bonds. The molecule has 0 aliphatic carbocycles. The van der Waals surface area contributed by atoms with Crippen molar-refractivity contribution in [3.8, 4) is 11.5 Å². The molecule has 0 radical (unpaired) electrons. The first-order chi connectivity index (χ1) is 8.20. The Morgan fingerprint density at radius 2 is 2.24 bits per heavy atom. The molecule has 1 atom stereocenters. The standard InChI is InChI=1S/C11H14BrNO4/c12-9-1-7(3-13-4-8(15)5-14)2-10-11(9)17-6-16-10/h1-2,8,13-15H,3-6H2. The van der Waals surface area contributed by atoms with Gasteiger partial charge in [-0.2, -0.15) is 0 Å². The lowest BCUT2D eigenvalue weighted by Gasteiger charge is -2.10. The first-order valence-electron chi connectivity index (χ1n) is 5.28. The quantitative estimate of drug-likeness (QED) is 0.744. The van der Waals surface area contributed by atoms with Gasteiger partial charge in [0.2, 0.25) is 6.79 Å². The van der Waals surface area contributed by atoms with E-state index in [-0.39, 0.29) is 13.4 Å². The van der Waals surface area contributed by atoms with Crippen molar-refractivity contribution in [1.82, 2.24) is 5.32 Å². The molecule has 1 aliphatic rings.